The van der Waals surface area contributed by atoms with E-state index in [4.69, 9.17) is 19.6 Å². The van der Waals surface area contributed by atoms with E-state index >= 15 is 0 Å². The molecule has 0 spiro atoms. The standard InChI is InChI=1S/C23H25F2N3O5/c1-31-8-6-28(7-9-32-2)13-14-4-3-5-15(10-14)23(30)27-19-17-11-16(24)12-18(25)20(17)33-21(19)22(26)29/h3-5,10-12H,6-9,13H2,1-2H3,(H2,26,29)(H,27,30). The average Bonchev–Trinajstić information content (AvgIpc) is 3.14. The zero-order valence-electron chi connectivity index (χ0n) is 18.3. The molecular formula is C23H25F2N3O5. The summed E-state index contributed by atoms with van der Waals surface area (Å²) in [6, 6.07) is 8.44. The number of nitrogens with zero attached hydrogens (tertiary/aromatic N) is 1. The van der Waals surface area contributed by atoms with Gasteiger partial charge in [-0.3, -0.25) is 14.5 Å². The second kappa shape index (κ2) is 11.0. The summed E-state index contributed by atoms with van der Waals surface area (Å²) in [4.78, 5) is 26.8. The number of ether oxygens (including phenoxy) is 2. The van der Waals surface area contributed by atoms with Crippen LogP contribution >= 0.6 is 0 Å². The molecule has 33 heavy (non-hydrogen) atoms. The van der Waals surface area contributed by atoms with E-state index in [1.807, 2.05) is 6.07 Å². The van der Waals surface area contributed by atoms with Crippen LogP contribution in [0.2, 0.25) is 0 Å². The Bertz CT molecular complexity index is 1140. The number of carbonyl (C=O) groups excluding carboxylic acids is 2. The van der Waals surface area contributed by atoms with Crippen molar-refractivity contribution >= 4 is 28.5 Å². The number of nitrogens with two attached hydrogens (primary N) is 1. The van der Waals surface area contributed by atoms with E-state index in [1.54, 1.807) is 32.4 Å². The molecule has 176 valence electrons. The van der Waals surface area contributed by atoms with Gasteiger partial charge >= 0.3 is 0 Å². The van der Waals surface area contributed by atoms with Crippen LogP contribution in [0.4, 0.5) is 14.5 Å². The number of anilines is 1. The van der Waals surface area contributed by atoms with Crippen LogP contribution in [0.3, 0.4) is 0 Å². The molecule has 2 amide bonds. The highest BCUT2D eigenvalue weighted by atomic mass is 19.1. The van der Waals surface area contributed by atoms with Gasteiger partial charge < -0.3 is 24.9 Å². The van der Waals surface area contributed by atoms with Crippen molar-refractivity contribution < 1.29 is 32.3 Å². The van der Waals surface area contributed by atoms with E-state index in [1.165, 1.54) is 0 Å². The van der Waals surface area contributed by atoms with Crippen molar-refractivity contribution in [2.75, 3.05) is 45.8 Å². The number of hydrogen-bond acceptors (Lipinski definition) is 6. The minimum atomic E-state index is -1.03. The maximum absolute atomic E-state index is 14.1. The molecule has 10 heteroatoms. The van der Waals surface area contributed by atoms with Gasteiger partial charge in [0.25, 0.3) is 11.8 Å². The third-order valence-corrected chi connectivity index (χ3v) is 4.99. The Morgan fingerprint density at radius 2 is 1.79 bits per heavy atom. The molecular weight excluding hydrogens is 436 g/mol. The summed E-state index contributed by atoms with van der Waals surface area (Å²) in [5.41, 5.74) is 5.90. The van der Waals surface area contributed by atoms with Crippen LogP contribution in [0.15, 0.2) is 40.8 Å². The maximum atomic E-state index is 14.1. The van der Waals surface area contributed by atoms with Gasteiger partial charge in [0.1, 0.15) is 11.5 Å². The Morgan fingerprint density at radius 3 is 2.42 bits per heavy atom. The van der Waals surface area contributed by atoms with Gasteiger partial charge in [-0.25, -0.2) is 8.78 Å². The summed E-state index contributed by atoms with van der Waals surface area (Å²) in [6.45, 7) is 2.99. The number of primary amides is 1. The average molecular weight is 461 g/mol. The lowest BCUT2D eigenvalue weighted by molar-refractivity contribution is 0.0977. The van der Waals surface area contributed by atoms with Crippen molar-refractivity contribution in [1.82, 2.24) is 4.90 Å². The minimum absolute atomic E-state index is 0.101. The number of methoxy groups -OCH3 is 2. The fourth-order valence-corrected chi connectivity index (χ4v) is 3.39. The van der Waals surface area contributed by atoms with Gasteiger partial charge in [0.05, 0.1) is 18.6 Å². The van der Waals surface area contributed by atoms with Crippen LogP contribution in [0.25, 0.3) is 11.0 Å². The number of furan rings is 1. The molecule has 0 atom stereocenters. The summed E-state index contributed by atoms with van der Waals surface area (Å²) in [7, 11) is 3.24. The van der Waals surface area contributed by atoms with Crippen LogP contribution in [0.1, 0.15) is 26.5 Å². The first-order valence-electron chi connectivity index (χ1n) is 10.2. The Kier molecular flexibility index (Phi) is 8.10. The lowest BCUT2D eigenvalue weighted by Gasteiger charge is -2.21. The number of benzene rings is 2. The van der Waals surface area contributed by atoms with E-state index in [-0.39, 0.29) is 22.2 Å². The molecule has 1 heterocycles. The fraction of sp³-hybridized carbons (Fsp3) is 0.304. The molecule has 3 aromatic rings. The van der Waals surface area contributed by atoms with Crippen LogP contribution in [0.5, 0.6) is 0 Å². The van der Waals surface area contributed by atoms with E-state index in [0.717, 1.165) is 11.6 Å². The molecule has 0 aliphatic carbocycles. The van der Waals surface area contributed by atoms with E-state index in [2.05, 4.69) is 10.2 Å². The van der Waals surface area contributed by atoms with Crippen molar-refractivity contribution in [3.8, 4) is 0 Å². The molecule has 8 nitrogen and oxygen atoms in total. The molecule has 0 aliphatic heterocycles. The maximum Gasteiger partial charge on any atom is 0.286 e. The van der Waals surface area contributed by atoms with Crippen molar-refractivity contribution in [3.63, 3.8) is 0 Å². The van der Waals surface area contributed by atoms with E-state index in [9.17, 15) is 18.4 Å². The molecule has 3 rings (SSSR count). The van der Waals surface area contributed by atoms with Crippen molar-refractivity contribution in [3.05, 3.63) is 64.9 Å². The number of amides is 2. The number of hydrogen-bond donors (Lipinski definition) is 2. The fourth-order valence-electron chi connectivity index (χ4n) is 3.39. The monoisotopic (exact) mass is 461 g/mol. The topological polar surface area (TPSA) is 107 Å². The number of fused-ring (bicyclic) bond motifs is 1. The van der Waals surface area contributed by atoms with Gasteiger partial charge in [-0.1, -0.05) is 12.1 Å². The Balaban J connectivity index is 1.86. The van der Waals surface area contributed by atoms with Gasteiger partial charge in [-0.05, 0) is 23.8 Å². The number of rotatable bonds is 11. The largest absolute Gasteiger partial charge is 0.446 e. The lowest BCUT2D eigenvalue weighted by Crippen LogP contribution is -2.30. The van der Waals surface area contributed by atoms with Crippen LogP contribution in [-0.4, -0.2) is 57.2 Å². The quantitative estimate of drug-likeness (QED) is 0.454. The first-order valence-corrected chi connectivity index (χ1v) is 10.2. The van der Waals surface area contributed by atoms with E-state index < -0.39 is 29.2 Å². The Hall–Kier alpha value is -3.34. The van der Waals surface area contributed by atoms with Gasteiger partial charge in [0.2, 0.25) is 5.76 Å². The molecule has 2 aromatic carbocycles. The Labute approximate surface area is 189 Å². The summed E-state index contributed by atoms with van der Waals surface area (Å²) < 4.78 is 43.3. The molecule has 0 unspecified atom stereocenters. The molecule has 0 bridgehead atoms. The zero-order chi connectivity index (χ0) is 24.0. The second-order valence-electron chi connectivity index (χ2n) is 7.35. The van der Waals surface area contributed by atoms with Crippen LogP contribution in [-0.2, 0) is 16.0 Å². The number of halogens is 2. The number of nitrogens with one attached hydrogen (secondary N) is 1. The van der Waals surface area contributed by atoms with Crippen LogP contribution < -0.4 is 11.1 Å². The highest BCUT2D eigenvalue weighted by molar-refractivity contribution is 6.14. The normalized spacial score (nSPS) is 11.3. The predicted octanol–water partition coefficient (Wildman–Crippen LogP) is 3.16. The smallest absolute Gasteiger partial charge is 0.286 e. The molecule has 0 saturated heterocycles. The van der Waals surface area contributed by atoms with E-state index in [0.29, 0.717) is 38.9 Å². The Morgan fingerprint density at radius 1 is 1.09 bits per heavy atom. The van der Waals surface area contributed by atoms with Crippen LogP contribution in [0, 0.1) is 11.6 Å². The third kappa shape index (κ3) is 5.92. The molecule has 0 fully saturated rings. The molecule has 0 saturated carbocycles. The first-order chi connectivity index (χ1) is 15.8. The minimum Gasteiger partial charge on any atom is -0.446 e. The molecule has 1 aromatic heterocycles. The summed E-state index contributed by atoms with van der Waals surface area (Å²) in [5, 5.41) is 2.41. The van der Waals surface area contributed by atoms with Gasteiger partial charge in [0, 0.05) is 45.5 Å². The predicted molar refractivity (Wildman–Crippen MR) is 118 cm³/mol. The molecule has 0 radical (unpaired) electrons. The highest BCUT2D eigenvalue weighted by Crippen LogP contribution is 2.33. The lowest BCUT2D eigenvalue weighted by atomic mass is 10.1. The highest BCUT2D eigenvalue weighted by Gasteiger charge is 2.24. The third-order valence-electron chi connectivity index (χ3n) is 4.99. The SMILES string of the molecule is COCCN(CCOC)Cc1cccc(C(=O)Nc2c(C(N)=O)oc3c(F)cc(F)cc23)c1. The molecule has 3 N–H and O–H groups in total. The molecule has 0 aliphatic rings. The zero-order valence-corrected chi connectivity index (χ0v) is 18.3. The first kappa shape index (κ1) is 24.3. The van der Waals surface area contributed by atoms with Crippen molar-refractivity contribution in [2.24, 2.45) is 5.73 Å². The van der Waals surface area contributed by atoms with Crippen molar-refractivity contribution in [2.45, 2.75) is 6.54 Å². The summed E-state index contributed by atoms with van der Waals surface area (Å²) >= 11 is 0. The summed E-state index contributed by atoms with van der Waals surface area (Å²) in [5.74, 6) is -3.98. The number of carbonyl (C=O) groups is 2. The van der Waals surface area contributed by atoms with Gasteiger partial charge in [-0.15, -0.1) is 0 Å². The summed E-state index contributed by atoms with van der Waals surface area (Å²) in [6.07, 6.45) is 0. The van der Waals surface area contributed by atoms with Gasteiger partial charge in [0.15, 0.2) is 11.4 Å². The van der Waals surface area contributed by atoms with Gasteiger partial charge in [-0.2, -0.15) is 0 Å². The van der Waals surface area contributed by atoms with Crippen molar-refractivity contribution in [1.29, 1.82) is 0 Å². The second-order valence-corrected chi connectivity index (χ2v) is 7.35.